The molecule has 0 radical (unpaired) electrons. The maximum Gasteiger partial charge on any atom is 0.433 e. The Morgan fingerprint density at radius 1 is 1.16 bits per heavy atom. The second kappa shape index (κ2) is 11.6. The van der Waals surface area contributed by atoms with Crippen LogP contribution >= 0.6 is 0 Å². The van der Waals surface area contributed by atoms with Gasteiger partial charge in [-0.15, -0.1) is 0 Å². The van der Waals surface area contributed by atoms with Gasteiger partial charge in [-0.1, -0.05) is 6.07 Å². The molecule has 2 aromatic rings. The highest BCUT2D eigenvalue weighted by atomic mass is 19.4. The van der Waals surface area contributed by atoms with E-state index in [0.29, 0.717) is 26.2 Å². The molecule has 0 aliphatic carbocycles. The Morgan fingerprint density at radius 2 is 1.92 bits per heavy atom. The van der Waals surface area contributed by atoms with Gasteiger partial charge in [-0.05, 0) is 82.1 Å². The van der Waals surface area contributed by atoms with E-state index >= 15 is 0 Å². The number of fused-ring (bicyclic) bond motifs is 1. The molecule has 10 heteroatoms. The van der Waals surface area contributed by atoms with Crippen LogP contribution in [0.1, 0.15) is 58.0 Å². The van der Waals surface area contributed by atoms with Crippen molar-refractivity contribution in [2.45, 2.75) is 57.5 Å². The first kappa shape index (κ1) is 28.3. The van der Waals surface area contributed by atoms with E-state index in [9.17, 15) is 23.1 Å². The average molecular weight is 535 g/mol. The van der Waals surface area contributed by atoms with Crippen molar-refractivity contribution >= 4 is 5.91 Å². The van der Waals surface area contributed by atoms with Crippen LogP contribution in [0, 0.1) is 13.8 Å². The van der Waals surface area contributed by atoms with Crippen molar-refractivity contribution in [2.24, 2.45) is 0 Å². The topological polar surface area (TPSA) is 69.1 Å². The Labute approximate surface area is 222 Å². The van der Waals surface area contributed by atoms with Crippen LogP contribution in [0.5, 0.6) is 5.75 Å². The van der Waals surface area contributed by atoms with Crippen molar-refractivity contribution in [3.63, 3.8) is 0 Å². The second-order valence-corrected chi connectivity index (χ2v) is 10.6. The highest BCUT2D eigenvalue weighted by Gasteiger charge is 2.38. The fourth-order valence-electron chi connectivity index (χ4n) is 5.63. The van der Waals surface area contributed by atoms with E-state index in [1.54, 1.807) is 4.90 Å². The van der Waals surface area contributed by atoms with Crippen LogP contribution < -0.4 is 4.74 Å². The number of piperidine rings is 1. The Kier molecular flexibility index (Phi) is 8.64. The number of ether oxygens (including phenoxy) is 1. The summed E-state index contributed by atoms with van der Waals surface area (Å²) in [5, 5.41) is 10.2. The van der Waals surface area contributed by atoms with Crippen LogP contribution in [-0.4, -0.2) is 89.7 Å². The Balaban J connectivity index is 1.43. The molecule has 3 heterocycles. The lowest BCUT2D eigenvalue weighted by atomic mass is 9.86. The number of aliphatic hydroxyl groups excluding tert-OH is 1. The standard InChI is InChI=1S/C28H37F3N4O3/c1-18-19(2)25(38-17-22(36)16-33(3)4)10-9-23(18)24-7-5-6-21-15-34(12-13-35(21)24)27(37)20-8-11-26(32-14-20)28(29,30)31/h8-11,14,21-22,24,36H,5-7,12-13,15-17H2,1-4H3/t21-,22+,24+/m0/s1. The molecule has 7 nitrogen and oxygen atoms in total. The minimum Gasteiger partial charge on any atom is -0.491 e. The normalized spacial score (nSPS) is 21.3. The van der Waals surface area contributed by atoms with Crippen molar-refractivity contribution in [2.75, 3.05) is 46.9 Å². The number of halogens is 3. The van der Waals surface area contributed by atoms with Crippen molar-refractivity contribution in [3.05, 3.63) is 58.4 Å². The van der Waals surface area contributed by atoms with E-state index in [4.69, 9.17) is 4.74 Å². The van der Waals surface area contributed by atoms with Crippen molar-refractivity contribution in [3.8, 4) is 5.75 Å². The average Bonchev–Trinajstić information content (AvgIpc) is 2.87. The first-order valence-electron chi connectivity index (χ1n) is 13.1. The molecule has 2 saturated heterocycles. The van der Waals surface area contributed by atoms with E-state index in [-0.39, 0.29) is 30.2 Å². The van der Waals surface area contributed by atoms with Gasteiger partial charge in [0.15, 0.2) is 0 Å². The van der Waals surface area contributed by atoms with Gasteiger partial charge in [-0.25, -0.2) is 0 Å². The number of hydrogen-bond acceptors (Lipinski definition) is 6. The second-order valence-electron chi connectivity index (χ2n) is 10.6. The minimum absolute atomic E-state index is 0.177. The van der Waals surface area contributed by atoms with Crippen LogP contribution in [0.3, 0.4) is 0 Å². The summed E-state index contributed by atoms with van der Waals surface area (Å²) in [4.78, 5) is 22.6. The third-order valence-corrected chi connectivity index (χ3v) is 7.68. The van der Waals surface area contributed by atoms with Gasteiger partial charge in [0.05, 0.1) is 5.56 Å². The molecule has 2 aliphatic heterocycles. The number of carbonyl (C=O) groups excluding carboxylic acids is 1. The number of amides is 1. The lowest BCUT2D eigenvalue weighted by molar-refractivity contribution is -0.141. The molecule has 0 saturated carbocycles. The van der Waals surface area contributed by atoms with Crippen LogP contribution in [-0.2, 0) is 6.18 Å². The summed E-state index contributed by atoms with van der Waals surface area (Å²) in [5.74, 6) is 0.495. The smallest absolute Gasteiger partial charge is 0.433 e. The maximum absolute atomic E-state index is 13.0. The molecule has 208 valence electrons. The summed E-state index contributed by atoms with van der Waals surface area (Å²) < 4.78 is 44.5. The number of piperazine rings is 1. The molecule has 2 fully saturated rings. The zero-order valence-electron chi connectivity index (χ0n) is 22.5. The summed E-state index contributed by atoms with van der Waals surface area (Å²) in [6, 6.07) is 6.59. The quantitative estimate of drug-likeness (QED) is 0.578. The fourth-order valence-corrected chi connectivity index (χ4v) is 5.63. The molecule has 1 amide bonds. The van der Waals surface area contributed by atoms with Gasteiger partial charge < -0.3 is 19.6 Å². The van der Waals surface area contributed by atoms with Gasteiger partial charge in [0, 0.05) is 44.5 Å². The summed E-state index contributed by atoms with van der Waals surface area (Å²) in [7, 11) is 3.82. The highest BCUT2D eigenvalue weighted by Crippen LogP contribution is 2.39. The number of aromatic nitrogens is 1. The van der Waals surface area contributed by atoms with E-state index < -0.39 is 18.0 Å². The Morgan fingerprint density at radius 3 is 2.58 bits per heavy atom. The molecule has 0 bridgehead atoms. The minimum atomic E-state index is -4.53. The number of benzene rings is 1. The number of likely N-dealkylation sites (N-methyl/N-ethyl adjacent to an activating group) is 1. The van der Waals surface area contributed by atoms with Gasteiger partial charge in [0.1, 0.15) is 24.2 Å². The van der Waals surface area contributed by atoms with Crippen molar-refractivity contribution in [1.29, 1.82) is 0 Å². The van der Waals surface area contributed by atoms with Crippen molar-refractivity contribution in [1.82, 2.24) is 19.7 Å². The largest absolute Gasteiger partial charge is 0.491 e. The van der Waals surface area contributed by atoms with E-state index in [2.05, 4.69) is 22.9 Å². The third-order valence-electron chi connectivity index (χ3n) is 7.68. The van der Waals surface area contributed by atoms with Gasteiger partial charge in [-0.2, -0.15) is 13.2 Å². The number of rotatable bonds is 7. The number of pyridine rings is 1. The lowest BCUT2D eigenvalue weighted by Crippen LogP contribution is -2.57. The summed E-state index contributed by atoms with van der Waals surface area (Å²) in [5.41, 5.74) is 2.66. The highest BCUT2D eigenvalue weighted by molar-refractivity contribution is 5.94. The first-order chi connectivity index (χ1) is 18.0. The van der Waals surface area contributed by atoms with Crippen LogP contribution in [0.4, 0.5) is 13.2 Å². The monoisotopic (exact) mass is 534 g/mol. The molecule has 1 aromatic carbocycles. The van der Waals surface area contributed by atoms with Crippen LogP contribution in [0.25, 0.3) is 0 Å². The predicted molar refractivity (Wildman–Crippen MR) is 138 cm³/mol. The van der Waals surface area contributed by atoms with E-state index in [0.717, 1.165) is 42.8 Å². The van der Waals surface area contributed by atoms with Gasteiger partial charge in [0.25, 0.3) is 5.91 Å². The van der Waals surface area contributed by atoms with E-state index in [1.165, 1.54) is 17.2 Å². The van der Waals surface area contributed by atoms with Gasteiger partial charge >= 0.3 is 6.18 Å². The SMILES string of the molecule is Cc1c(OC[C@H](O)CN(C)C)ccc([C@H]2CCC[C@H]3CN(C(=O)c4ccc(C(F)(F)F)nc4)CCN32)c1C. The van der Waals surface area contributed by atoms with Crippen molar-refractivity contribution < 1.29 is 27.8 Å². The molecule has 38 heavy (non-hydrogen) atoms. The zero-order valence-corrected chi connectivity index (χ0v) is 22.5. The van der Waals surface area contributed by atoms with Crippen LogP contribution in [0.2, 0.25) is 0 Å². The lowest BCUT2D eigenvalue weighted by Gasteiger charge is -2.48. The molecular formula is C28H37F3N4O3. The molecule has 3 atom stereocenters. The number of nitrogens with zero attached hydrogens (tertiary/aromatic N) is 4. The summed E-state index contributed by atoms with van der Waals surface area (Å²) in [6.45, 7) is 6.66. The molecule has 1 aromatic heterocycles. The van der Waals surface area contributed by atoms with Gasteiger partial charge in [-0.3, -0.25) is 14.7 Å². The third kappa shape index (κ3) is 6.30. The van der Waals surface area contributed by atoms with Crippen LogP contribution in [0.15, 0.2) is 30.5 Å². The molecule has 0 spiro atoms. The number of aliphatic hydroxyl groups is 1. The zero-order chi connectivity index (χ0) is 27.6. The fraction of sp³-hybridized carbons (Fsp3) is 0.571. The number of hydrogen-bond donors (Lipinski definition) is 1. The van der Waals surface area contributed by atoms with Gasteiger partial charge in [0.2, 0.25) is 0 Å². The Bertz CT molecular complexity index is 1120. The first-order valence-corrected chi connectivity index (χ1v) is 13.1. The summed E-state index contributed by atoms with van der Waals surface area (Å²) in [6.07, 6.45) is -1.05. The number of carbonyl (C=O) groups is 1. The Hall–Kier alpha value is -2.69. The summed E-state index contributed by atoms with van der Waals surface area (Å²) >= 11 is 0. The molecule has 4 rings (SSSR count). The maximum atomic E-state index is 13.0. The molecule has 2 aliphatic rings. The molecule has 1 N–H and O–H groups in total. The van der Waals surface area contributed by atoms with E-state index in [1.807, 2.05) is 32.0 Å². The predicted octanol–water partition coefficient (Wildman–Crippen LogP) is 4.07. The molecule has 0 unspecified atom stereocenters. The molecular weight excluding hydrogens is 497 g/mol. The number of alkyl halides is 3.